The van der Waals surface area contributed by atoms with Gasteiger partial charge in [-0.25, -0.2) is 0 Å². The standard InChI is InChI=1S/C12H14N4O3/c1-15-8-9(7-14-15)6-13-10-3-11(16(17)18)5-12(4-10)19-2/h3-5,7-8,13H,6H2,1-2H3. The predicted octanol–water partition coefficient (Wildman–Crippen LogP) is 1.95. The van der Waals surface area contributed by atoms with Crippen LogP contribution >= 0.6 is 0 Å². The number of aryl methyl sites for hydroxylation is 1. The van der Waals surface area contributed by atoms with Gasteiger partial charge < -0.3 is 10.1 Å². The van der Waals surface area contributed by atoms with Crippen molar-refractivity contribution in [2.75, 3.05) is 12.4 Å². The molecule has 19 heavy (non-hydrogen) atoms. The Labute approximate surface area is 110 Å². The molecule has 0 spiro atoms. The van der Waals surface area contributed by atoms with E-state index in [0.29, 0.717) is 18.0 Å². The number of methoxy groups -OCH3 is 1. The third kappa shape index (κ3) is 3.21. The normalized spacial score (nSPS) is 10.2. The molecule has 2 aromatic rings. The summed E-state index contributed by atoms with van der Waals surface area (Å²) in [5.41, 5.74) is 1.62. The van der Waals surface area contributed by atoms with E-state index in [4.69, 9.17) is 4.74 Å². The maximum Gasteiger partial charge on any atom is 0.275 e. The minimum Gasteiger partial charge on any atom is -0.496 e. The average Bonchev–Trinajstić information content (AvgIpc) is 2.81. The van der Waals surface area contributed by atoms with Gasteiger partial charge in [0, 0.05) is 43.2 Å². The molecule has 100 valence electrons. The first-order valence-electron chi connectivity index (χ1n) is 5.63. The molecule has 7 nitrogen and oxygen atoms in total. The summed E-state index contributed by atoms with van der Waals surface area (Å²) < 4.78 is 6.74. The number of hydrogen-bond donors (Lipinski definition) is 1. The third-order valence-electron chi connectivity index (χ3n) is 2.59. The summed E-state index contributed by atoms with van der Waals surface area (Å²) in [6.07, 6.45) is 3.61. The van der Waals surface area contributed by atoms with Crippen molar-refractivity contribution in [3.05, 3.63) is 46.3 Å². The highest BCUT2D eigenvalue weighted by atomic mass is 16.6. The Morgan fingerprint density at radius 1 is 1.47 bits per heavy atom. The van der Waals surface area contributed by atoms with Gasteiger partial charge in [0.1, 0.15) is 5.75 Å². The Balaban J connectivity index is 2.15. The van der Waals surface area contributed by atoms with Gasteiger partial charge in [-0.05, 0) is 0 Å². The monoisotopic (exact) mass is 262 g/mol. The Bertz CT molecular complexity index is 594. The average molecular weight is 262 g/mol. The van der Waals surface area contributed by atoms with E-state index < -0.39 is 4.92 Å². The van der Waals surface area contributed by atoms with Crippen LogP contribution in [0.15, 0.2) is 30.6 Å². The summed E-state index contributed by atoms with van der Waals surface area (Å²) >= 11 is 0. The highest BCUT2D eigenvalue weighted by molar-refractivity contribution is 5.56. The van der Waals surface area contributed by atoms with Gasteiger partial charge in [-0.1, -0.05) is 0 Å². The number of hydrogen-bond acceptors (Lipinski definition) is 5. The van der Waals surface area contributed by atoms with Crippen molar-refractivity contribution < 1.29 is 9.66 Å². The molecule has 0 aliphatic rings. The zero-order valence-corrected chi connectivity index (χ0v) is 10.7. The molecule has 0 fully saturated rings. The van der Waals surface area contributed by atoms with Gasteiger partial charge >= 0.3 is 0 Å². The van der Waals surface area contributed by atoms with E-state index in [1.807, 2.05) is 13.2 Å². The Morgan fingerprint density at radius 3 is 2.84 bits per heavy atom. The van der Waals surface area contributed by atoms with E-state index in [-0.39, 0.29) is 5.69 Å². The van der Waals surface area contributed by atoms with Gasteiger partial charge in [-0.15, -0.1) is 0 Å². The van der Waals surface area contributed by atoms with Crippen LogP contribution in [-0.4, -0.2) is 21.8 Å². The third-order valence-corrected chi connectivity index (χ3v) is 2.59. The molecule has 0 amide bonds. The molecule has 1 aromatic heterocycles. The van der Waals surface area contributed by atoms with Crippen molar-refractivity contribution in [2.24, 2.45) is 7.05 Å². The molecule has 0 bridgehead atoms. The van der Waals surface area contributed by atoms with Crippen molar-refractivity contribution in [3.8, 4) is 5.75 Å². The SMILES string of the molecule is COc1cc(NCc2cnn(C)c2)cc([N+](=O)[O-])c1. The van der Waals surface area contributed by atoms with Crippen LogP contribution in [0.1, 0.15) is 5.56 Å². The number of non-ortho nitro benzene ring substituents is 1. The Hall–Kier alpha value is -2.57. The first-order valence-corrected chi connectivity index (χ1v) is 5.63. The zero-order chi connectivity index (χ0) is 13.8. The lowest BCUT2D eigenvalue weighted by atomic mass is 10.2. The predicted molar refractivity (Wildman–Crippen MR) is 70.2 cm³/mol. The van der Waals surface area contributed by atoms with Crippen LogP contribution in [0, 0.1) is 10.1 Å². The van der Waals surface area contributed by atoms with Gasteiger partial charge in [0.25, 0.3) is 5.69 Å². The summed E-state index contributed by atoms with van der Waals surface area (Å²) in [6, 6.07) is 4.57. The fraction of sp³-hybridized carbons (Fsp3) is 0.250. The van der Waals surface area contributed by atoms with Gasteiger partial charge in [0.15, 0.2) is 0 Å². The lowest BCUT2D eigenvalue weighted by Crippen LogP contribution is -2.00. The van der Waals surface area contributed by atoms with E-state index in [1.165, 1.54) is 19.2 Å². The fourth-order valence-electron chi connectivity index (χ4n) is 1.68. The first kappa shape index (κ1) is 12.9. The van der Waals surface area contributed by atoms with Crippen LogP contribution in [0.5, 0.6) is 5.75 Å². The summed E-state index contributed by atoms with van der Waals surface area (Å²) in [7, 11) is 3.31. The molecule has 2 rings (SSSR count). The topological polar surface area (TPSA) is 82.2 Å². The maximum absolute atomic E-state index is 10.8. The number of nitrogens with one attached hydrogen (secondary N) is 1. The molecule has 0 unspecified atom stereocenters. The molecule has 7 heteroatoms. The van der Waals surface area contributed by atoms with Crippen molar-refractivity contribution in [1.82, 2.24) is 9.78 Å². The number of aromatic nitrogens is 2. The molecule has 1 heterocycles. The van der Waals surface area contributed by atoms with Crippen LogP contribution < -0.4 is 10.1 Å². The van der Waals surface area contributed by atoms with Gasteiger partial charge in [-0.3, -0.25) is 14.8 Å². The van der Waals surface area contributed by atoms with Crippen LogP contribution in [0.25, 0.3) is 0 Å². The van der Waals surface area contributed by atoms with Crippen molar-refractivity contribution in [1.29, 1.82) is 0 Å². The van der Waals surface area contributed by atoms with Crippen molar-refractivity contribution >= 4 is 11.4 Å². The number of benzene rings is 1. The molecule has 0 aliphatic carbocycles. The van der Waals surface area contributed by atoms with Crippen LogP contribution in [0.3, 0.4) is 0 Å². The number of ether oxygens (including phenoxy) is 1. The largest absolute Gasteiger partial charge is 0.496 e. The van der Waals surface area contributed by atoms with Crippen molar-refractivity contribution in [3.63, 3.8) is 0 Å². The lowest BCUT2D eigenvalue weighted by molar-refractivity contribution is -0.384. The van der Waals surface area contributed by atoms with Gasteiger partial charge in [0.2, 0.25) is 0 Å². The zero-order valence-electron chi connectivity index (χ0n) is 10.7. The quantitative estimate of drug-likeness (QED) is 0.657. The minimum absolute atomic E-state index is 0.00645. The lowest BCUT2D eigenvalue weighted by Gasteiger charge is -2.07. The summed E-state index contributed by atoms with van der Waals surface area (Å²) in [4.78, 5) is 10.4. The number of anilines is 1. The van der Waals surface area contributed by atoms with Gasteiger partial charge in [-0.2, -0.15) is 5.10 Å². The second kappa shape index (κ2) is 5.38. The van der Waals surface area contributed by atoms with E-state index >= 15 is 0 Å². The Morgan fingerprint density at radius 2 is 2.26 bits per heavy atom. The molecule has 0 aliphatic heterocycles. The van der Waals surface area contributed by atoms with E-state index in [0.717, 1.165) is 5.56 Å². The summed E-state index contributed by atoms with van der Waals surface area (Å²) in [5.74, 6) is 0.447. The number of nitro groups is 1. The van der Waals surface area contributed by atoms with Crippen molar-refractivity contribution in [2.45, 2.75) is 6.54 Å². The first-order chi connectivity index (χ1) is 9.08. The van der Waals surface area contributed by atoms with E-state index in [1.54, 1.807) is 16.9 Å². The highest BCUT2D eigenvalue weighted by Gasteiger charge is 2.10. The minimum atomic E-state index is -0.447. The van der Waals surface area contributed by atoms with E-state index in [2.05, 4.69) is 10.4 Å². The molecule has 1 aromatic carbocycles. The van der Waals surface area contributed by atoms with Gasteiger partial charge in [0.05, 0.1) is 24.3 Å². The Kier molecular flexibility index (Phi) is 3.65. The number of rotatable bonds is 5. The fourth-order valence-corrected chi connectivity index (χ4v) is 1.68. The second-order valence-corrected chi connectivity index (χ2v) is 4.05. The van der Waals surface area contributed by atoms with E-state index in [9.17, 15) is 10.1 Å². The number of nitro benzene ring substituents is 1. The molecular weight excluding hydrogens is 248 g/mol. The molecule has 0 radical (unpaired) electrons. The van der Waals surface area contributed by atoms with Crippen LogP contribution in [0.4, 0.5) is 11.4 Å². The number of nitrogens with zero attached hydrogens (tertiary/aromatic N) is 3. The summed E-state index contributed by atoms with van der Waals surface area (Å²) in [5, 5.41) is 18.0. The maximum atomic E-state index is 10.8. The second-order valence-electron chi connectivity index (χ2n) is 4.05. The van der Waals surface area contributed by atoms with Crippen LogP contribution in [-0.2, 0) is 13.6 Å². The van der Waals surface area contributed by atoms with Crippen LogP contribution in [0.2, 0.25) is 0 Å². The molecule has 0 atom stereocenters. The smallest absolute Gasteiger partial charge is 0.275 e. The summed E-state index contributed by atoms with van der Waals surface area (Å²) in [6.45, 7) is 0.540. The molecule has 0 saturated heterocycles. The molecule has 1 N–H and O–H groups in total. The molecular formula is C12H14N4O3. The highest BCUT2D eigenvalue weighted by Crippen LogP contribution is 2.26. The molecule has 0 saturated carbocycles.